The lowest BCUT2D eigenvalue weighted by atomic mass is 10.1. The first-order valence-electron chi connectivity index (χ1n) is 6.94. The molecule has 0 fully saturated rings. The number of carbonyl (C=O) groups is 1. The molecule has 2 rings (SSSR count). The molecular formula is C17H18N2O4. The summed E-state index contributed by atoms with van der Waals surface area (Å²) in [6.07, 6.45) is 0. The summed E-state index contributed by atoms with van der Waals surface area (Å²) in [4.78, 5) is 16.9. The zero-order valence-corrected chi connectivity index (χ0v) is 13.2. The number of oxime groups is 1. The summed E-state index contributed by atoms with van der Waals surface area (Å²) >= 11 is 0. The summed E-state index contributed by atoms with van der Waals surface area (Å²) in [6.45, 7) is 0. The first-order valence-corrected chi connectivity index (χ1v) is 6.94. The lowest BCUT2D eigenvalue weighted by Gasteiger charge is -2.13. The molecule has 120 valence electrons. The molecule has 0 aliphatic rings. The fraction of sp³-hybridized carbons (Fsp3) is 0.176. The first-order chi connectivity index (χ1) is 11.2. The van der Waals surface area contributed by atoms with E-state index < -0.39 is 5.91 Å². The van der Waals surface area contributed by atoms with Gasteiger partial charge in [-0.2, -0.15) is 0 Å². The van der Waals surface area contributed by atoms with Crippen LogP contribution < -0.4 is 14.8 Å². The predicted molar refractivity (Wildman–Crippen MR) is 87.1 cm³/mol. The molecule has 0 atom stereocenters. The van der Waals surface area contributed by atoms with Crippen LogP contribution in [0.2, 0.25) is 0 Å². The highest BCUT2D eigenvalue weighted by Gasteiger charge is 2.20. The molecule has 0 unspecified atom stereocenters. The van der Waals surface area contributed by atoms with E-state index in [0.29, 0.717) is 22.8 Å². The van der Waals surface area contributed by atoms with Crippen LogP contribution in [0.5, 0.6) is 17.2 Å². The van der Waals surface area contributed by atoms with Crippen LogP contribution in [0, 0.1) is 0 Å². The zero-order chi connectivity index (χ0) is 16.7. The van der Waals surface area contributed by atoms with Crippen LogP contribution in [-0.4, -0.2) is 32.9 Å². The zero-order valence-electron chi connectivity index (χ0n) is 13.2. The van der Waals surface area contributed by atoms with E-state index in [-0.39, 0.29) is 5.71 Å². The van der Waals surface area contributed by atoms with Gasteiger partial charge in [-0.05, 0) is 30.3 Å². The molecule has 1 N–H and O–H groups in total. The molecule has 0 saturated carbocycles. The number of methoxy groups -OCH3 is 1. The highest BCUT2D eigenvalue weighted by molar-refractivity contribution is 6.45. The van der Waals surface area contributed by atoms with Crippen molar-refractivity contribution in [1.82, 2.24) is 5.32 Å². The summed E-state index contributed by atoms with van der Waals surface area (Å²) in [7, 11) is 4.44. The van der Waals surface area contributed by atoms with Gasteiger partial charge in [0.1, 0.15) is 24.4 Å². The Kier molecular flexibility index (Phi) is 5.57. The van der Waals surface area contributed by atoms with Gasteiger partial charge in [-0.3, -0.25) is 4.79 Å². The van der Waals surface area contributed by atoms with Crippen LogP contribution in [0.1, 0.15) is 5.56 Å². The van der Waals surface area contributed by atoms with E-state index in [4.69, 9.17) is 14.3 Å². The van der Waals surface area contributed by atoms with Gasteiger partial charge in [-0.25, -0.2) is 0 Å². The summed E-state index contributed by atoms with van der Waals surface area (Å²) < 4.78 is 11.1. The molecule has 0 heterocycles. The predicted octanol–water partition coefficient (Wildman–Crippen LogP) is 2.58. The lowest BCUT2D eigenvalue weighted by molar-refractivity contribution is -0.114. The largest absolute Gasteiger partial charge is 0.497 e. The van der Waals surface area contributed by atoms with Gasteiger partial charge in [-0.1, -0.05) is 23.4 Å². The third-order valence-electron chi connectivity index (χ3n) is 3.04. The number of likely N-dealkylation sites (N-methyl/N-ethyl adjacent to an activating group) is 1. The van der Waals surface area contributed by atoms with Gasteiger partial charge in [0.25, 0.3) is 5.91 Å². The highest BCUT2D eigenvalue weighted by atomic mass is 16.6. The number of hydrogen-bond donors (Lipinski definition) is 1. The number of hydrogen-bond acceptors (Lipinski definition) is 5. The highest BCUT2D eigenvalue weighted by Crippen LogP contribution is 2.29. The molecule has 0 aliphatic heterocycles. The number of nitrogens with zero attached hydrogens (tertiary/aromatic N) is 1. The van der Waals surface area contributed by atoms with E-state index in [0.717, 1.165) is 0 Å². The van der Waals surface area contributed by atoms with Crippen molar-refractivity contribution in [3.63, 3.8) is 0 Å². The average Bonchev–Trinajstić information content (AvgIpc) is 2.60. The molecule has 0 spiro atoms. The Bertz CT molecular complexity index is 699. The van der Waals surface area contributed by atoms with E-state index in [9.17, 15) is 4.79 Å². The molecule has 2 aromatic rings. The van der Waals surface area contributed by atoms with Crippen molar-refractivity contribution in [2.24, 2.45) is 5.16 Å². The molecule has 2 aromatic carbocycles. The topological polar surface area (TPSA) is 69.2 Å². The number of amides is 1. The fourth-order valence-electron chi connectivity index (χ4n) is 1.95. The van der Waals surface area contributed by atoms with E-state index in [1.54, 1.807) is 25.3 Å². The number of ether oxygens (including phenoxy) is 2. The Morgan fingerprint density at radius 3 is 2.39 bits per heavy atom. The van der Waals surface area contributed by atoms with Crippen LogP contribution in [-0.2, 0) is 9.63 Å². The number of carbonyl (C=O) groups excluding carboxylic acids is 1. The van der Waals surface area contributed by atoms with E-state index in [1.165, 1.54) is 14.2 Å². The number of benzene rings is 2. The number of para-hydroxylation sites is 1. The Balaban J connectivity index is 2.50. The van der Waals surface area contributed by atoms with Crippen molar-refractivity contribution in [1.29, 1.82) is 0 Å². The van der Waals surface area contributed by atoms with Crippen LogP contribution in [0.4, 0.5) is 0 Å². The van der Waals surface area contributed by atoms with Crippen LogP contribution in [0.3, 0.4) is 0 Å². The number of rotatable bonds is 6. The average molecular weight is 314 g/mol. The molecule has 0 radical (unpaired) electrons. The van der Waals surface area contributed by atoms with E-state index in [1.807, 2.05) is 30.3 Å². The second-order valence-electron chi connectivity index (χ2n) is 4.48. The van der Waals surface area contributed by atoms with Gasteiger partial charge in [0.05, 0.1) is 12.7 Å². The van der Waals surface area contributed by atoms with Crippen LogP contribution in [0.15, 0.2) is 53.7 Å². The quantitative estimate of drug-likeness (QED) is 0.657. The number of nitrogens with one attached hydrogen (secondary N) is 1. The van der Waals surface area contributed by atoms with Gasteiger partial charge in [0, 0.05) is 7.05 Å². The maximum Gasteiger partial charge on any atom is 0.273 e. The minimum Gasteiger partial charge on any atom is -0.497 e. The van der Waals surface area contributed by atoms with Crippen molar-refractivity contribution in [2.75, 3.05) is 21.3 Å². The molecule has 6 nitrogen and oxygen atoms in total. The van der Waals surface area contributed by atoms with Crippen LogP contribution in [0.25, 0.3) is 0 Å². The van der Waals surface area contributed by atoms with Gasteiger partial charge in [-0.15, -0.1) is 0 Å². The molecule has 0 aliphatic carbocycles. The monoisotopic (exact) mass is 314 g/mol. The first kappa shape index (κ1) is 16.4. The Hall–Kier alpha value is -3.02. The van der Waals surface area contributed by atoms with Crippen molar-refractivity contribution >= 4 is 11.6 Å². The SMILES string of the molecule is CNC(=O)C(=NOC)c1cc(OC)ccc1Oc1ccccc1. The van der Waals surface area contributed by atoms with Gasteiger partial charge >= 0.3 is 0 Å². The Morgan fingerprint density at radius 2 is 1.78 bits per heavy atom. The standard InChI is InChI=1S/C17H18N2O4/c1-18-17(20)16(19-22-3)14-11-13(21-2)9-10-15(14)23-12-7-5-4-6-8-12/h4-11H,1-3H3,(H,18,20). The summed E-state index contributed by atoms with van der Waals surface area (Å²) in [5.74, 6) is 1.30. The van der Waals surface area contributed by atoms with E-state index in [2.05, 4.69) is 10.5 Å². The van der Waals surface area contributed by atoms with E-state index >= 15 is 0 Å². The molecule has 1 amide bonds. The third-order valence-corrected chi connectivity index (χ3v) is 3.04. The fourth-order valence-corrected chi connectivity index (χ4v) is 1.95. The minimum absolute atomic E-state index is 0.0971. The molecule has 6 heteroatoms. The second-order valence-corrected chi connectivity index (χ2v) is 4.48. The lowest BCUT2D eigenvalue weighted by Crippen LogP contribution is -2.29. The van der Waals surface area contributed by atoms with Crippen molar-refractivity contribution < 1.29 is 19.1 Å². The van der Waals surface area contributed by atoms with Gasteiger partial charge in [0.15, 0.2) is 5.71 Å². The minimum atomic E-state index is -0.391. The third kappa shape index (κ3) is 4.00. The maximum absolute atomic E-state index is 12.1. The van der Waals surface area contributed by atoms with Crippen molar-refractivity contribution in [3.05, 3.63) is 54.1 Å². The Labute approximate surface area is 134 Å². The molecule has 0 bridgehead atoms. The smallest absolute Gasteiger partial charge is 0.273 e. The maximum atomic E-state index is 12.1. The van der Waals surface area contributed by atoms with Gasteiger partial charge in [0.2, 0.25) is 0 Å². The van der Waals surface area contributed by atoms with Gasteiger partial charge < -0.3 is 19.6 Å². The Morgan fingerprint density at radius 1 is 1.04 bits per heavy atom. The molecule has 23 heavy (non-hydrogen) atoms. The summed E-state index contributed by atoms with van der Waals surface area (Å²) in [6, 6.07) is 14.4. The summed E-state index contributed by atoms with van der Waals surface area (Å²) in [5.41, 5.74) is 0.564. The molecular weight excluding hydrogens is 296 g/mol. The van der Waals surface area contributed by atoms with Crippen molar-refractivity contribution in [3.8, 4) is 17.2 Å². The molecule has 0 aromatic heterocycles. The second kappa shape index (κ2) is 7.84. The normalized spacial score (nSPS) is 10.8. The van der Waals surface area contributed by atoms with Crippen LogP contribution >= 0.6 is 0 Å². The van der Waals surface area contributed by atoms with Crippen molar-refractivity contribution in [2.45, 2.75) is 0 Å². The summed E-state index contributed by atoms with van der Waals surface area (Å²) in [5, 5.41) is 6.34. The molecule has 0 saturated heterocycles.